The molecule has 2 aliphatic carbocycles. The van der Waals surface area contributed by atoms with E-state index in [2.05, 4.69) is 31.9 Å². The standard InChI is InChI=1S/C27H19Br2Cl2FN2O7/c1-41-16-8-14(19(28)20(29)21(16)35)18-12-6-7-13-17(23(37)34(40)22(13)36)15(12)9-26(30)24(38)33(25(39)27(18,26)31)11-4-2-10(32)3-5-11/h2-6,8,13,15,17-18,35,40H,7,9H2,1H3. The average Bonchev–Trinajstić information content (AvgIpc) is 3.26. The van der Waals surface area contributed by atoms with Gasteiger partial charge in [0.25, 0.3) is 23.6 Å². The molecule has 6 atom stereocenters. The second-order valence-corrected chi connectivity index (χ2v) is 13.2. The molecule has 0 aromatic heterocycles. The summed E-state index contributed by atoms with van der Waals surface area (Å²) in [7, 11) is 1.33. The molecule has 214 valence electrons. The molecule has 4 aliphatic rings. The number of alkyl halides is 2. The van der Waals surface area contributed by atoms with Crippen molar-refractivity contribution in [2.45, 2.75) is 28.5 Å². The number of hydrogen-bond donors (Lipinski definition) is 2. The Morgan fingerprint density at radius 3 is 2.32 bits per heavy atom. The number of phenols is 1. The number of halogens is 5. The number of rotatable bonds is 3. The monoisotopic (exact) mass is 730 g/mol. The third-order valence-corrected chi connectivity index (χ3v) is 12.1. The van der Waals surface area contributed by atoms with Gasteiger partial charge in [-0.1, -0.05) is 11.6 Å². The number of aromatic hydroxyl groups is 1. The molecule has 4 amide bonds. The Hall–Kier alpha value is -2.51. The number of carbonyl (C=O) groups excluding carboxylic acids is 4. The summed E-state index contributed by atoms with van der Waals surface area (Å²) in [6, 6.07) is 6.12. The minimum Gasteiger partial charge on any atom is -0.503 e. The molecular formula is C27H19Br2Cl2FN2O7. The summed E-state index contributed by atoms with van der Waals surface area (Å²) >= 11 is 21.3. The molecule has 0 bridgehead atoms. The topological polar surface area (TPSA) is 124 Å². The first-order valence-corrected chi connectivity index (χ1v) is 14.7. The Labute approximate surface area is 259 Å². The molecule has 2 aliphatic heterocycles. The first kappa shape index (κ1) is 28.6. The lowest BCUT2D eigenvalue weighted by Gasteiger charge is -2.51. The van der Waals surface area contributed by atoms with E-state index in [1.165, 1.54) is 25.3 Å². The van der Waals surface area contributed by atoms with Crippen molar-refractivity contribution < 1.29 is 38.6 Å². The minimum atomic E-state index is -2.18. The van der Waals surface area contributed by atoms with Crippen LogP contribution in [0.1, 0.15) is 24.3 Å². The molecule has 2 heterocycles. The van der Waals surface area contributed by atoms with Gasteiger partial charge in [0, 0.05) is 10.4 Å². The fourth-order valence-corrected chi connectivity index (χ4v) is 8.59. The van der Waals surface area contributed by atoms with Gasteiger partial charge in [0.05, 0.1) is 29.1 Å². The molecular weight excluding hydrogens is 714 g/mol. The fraction of sp³-hybridized carbons (Fsp3) is 0.333. The van der Waals surface area contributed by atoms with Gasteiger partial charge in [0.1, 0.15) is 5.82 Å². The molecule has 9 nitrogen and oxygen atoms in total. The maximum Gasteiger partial charge on any atom is 0.258 e. The summed E-state index contributed by atoms with van der Waals surface area (Å²) in [6.07, 6.45) is 1.46. The van der Waals surface area contributed by atoms with Crippen molar-refractivity contribution in [2.24, 2.45) is 17.8 Å². The van der Waals surface area contributed by atoms with E-state index in [1.807, 2.05) is 0 Å². The van der Waals surface area contributed by atoms with Crippen molar-refractivity contribution >= 4 is 84.4 Å². The Balaban J connectivity index is 1.63. The number of hydrogen-bond acceptors (Lipinski definition) is 7. The third-order valence-electron chi connectivity index (χ3n) is 8.58. The van der Waals surface area contributed by atoms with Crippen molar-refractivity contribution in [2.75, 3.05) is 12.0 Å². The van der Waals surface area contributed by atoms with Gasteiger partial charge in [-0.25, -0.2) is 9.29 Å². The number of amides is 4. The van der Waals surface area contributed by atoms with Crippen molar-refractivity contribution in [3.63, 3.8) is 0 Å². The van der Waals surface area contributed by atoms with Crippen molar-refractivity contribution in [3.05, 3.63) is 62.3 Å². The second-order valence-electron chi connectivity index (χ2n) is 10.4. The van der Waals surface area contributed by atoms with Gasteiger partial charge in [0.2, 0.25) is 0 Å². The molecule has 14 heteroatoms. The van der Waals surface area contributed by atoms with Gasteiger partial charge in [-0.2, -0.15) is 5.06 Å². The molecule has 2 saturated heterocycles. The molecule has 3 fully saturated rings. The highest BCUT2D eigenvalue weighted by Gasteiger charge is 2.77. The van der Waals surface area contributed by atoms with E-state index in [0.29, 0.717) is 11.1 Å². The Kier molecular flexibility index (Phi) is 6.63. The zero-order chi connectivity index (χ0) is 29.8. The van der Waals surface area contributed by atoms with Gasteiger partial charge in [0.15, 0.2) is 21.2 Å². The van der Waals surface area contributed by atoms with Crippen LogP contribution in [-0.4, -0.2) is 55.9 Å². The molecule has 6 rings (SSSR count). The van der Waals surface area contributed by atoms with Gasteiger partial charge in [-0.15, -0.1) is 23.2 Å². The van der Waals surface area contributed by atoms with E-state index in [4.69, 9.17) is 27.9 Å². The van der Waals surface area contributed by atoms with Gasteiger partial charge < -0.3 is 9.84 Å². The van der Waals surface area contributed by atoms with Crippen molar-refractivity contribution in [3.8, 4) is 11.5 Å². The van der Waals surface area contributed by atoms with E-state index in [9.17, 15) is 33.9 Å². The maximum atomic E-state index is 14.3. The Bertz CT molecular complexity index is 1600. The van der Waals surface area contributed by atoms with Crippen LogP contribution in [0.2, 0.25) is 0 Å². The van der Waals surface area contributed by atoms with E-state index >= 15 is 0 Å². The number of allylic oxidation sites excluding steroid dienone is 2. The SMILES string of the molecule is COc1cc(C2C3=CCC4C(=O)N(O)C(=O)C4C3CC3(Cl)C(=O)N(c4ccc(F)cc4)C(=O)C23Cl)c(Br)c(Br)c1O. The van der Waals surface area contributed by atoms with Crippen LogP contribution in [0, 0.1) is 23.6 Å². The van der Waals surface area contributed by atoms with Crippen LogP contribution in [-0.2, 0) is 19.2 Å². The summed E-state index contributed by atoms with van der Waals surface area (Å²) in [5, 5.41) is 20.9. The smallest absolute Gasteiger partial charge is 0.258 e. The van der Waals surface area contributed by atoms with Crippen LogP contribution in [0.3, 0.4) is 0 Å². The van der Waals surface area contributed by atoms with Gasteiger partial charge >= 0.3 is 0 Å². The van der Waals surface area contributed by atoms with Gasteiger partial charge in [-0.05, 0) is 86.5 Å². The predicted octanol–water partition coefficient (Wildman–Crippen LogP) is 5.02. The van der Waals surface area contributed by atoms with Crippen LogP contribution < -0.4 is 9.64 Å². The summed E-state index contributed by atoms with van der Waals surface area (Å²) in [4.78, 5) is 50.8. The summed E-state index contributed by atoms with van der Waals surface area (Å²) in [6.45, 7) is 0. The van der Waals surface area contributed by atoms with Crippen LogP contribution in [0.5, 0.6) is 11.5 Å². The Morgan fingerprint density at radius 1 is 1.02 bits per heavy atom. The number of imide groups is 2. The zero-order valence-corrected chi connectivity index (χ0v) is 25.6. The van der Waals surface area contributed by atoms with Crippen molar-refractivity contribution in [1.82, 2.24) is 5.06 Å². The number of carbonyl (C=O) groups is 4. The fourth-order valence-electron chi connectivity index (χ4n) is 6.71. The predicted molar refractivity (Wildman–Crippen MR) is 150 cm³/mol. The zero-order valence-electron chi connectivity index (χ0n) is 20.9. The first-order chi connectivity index (χ1) is 19.3. The summed E-state index contributed by atoms with van der Waals surface area (Å²) < 4.78 is 19.5. The highest BCUT2D eigenvalue weighted by molar-refractivity contribution is 9.13. The van der Waals surface area contributed by atoms with Crippen LogP contribution in [0.15, 0.2) is 50.9 Å². The highest BCUT2D eigenvalue weighted by Crippen LogP contribution is 2.67. The van der Waals surface area contributed by atoms with E-state index in [-0.39, 0.29) is 44.0 Å². The average molecular weight is 733 g/mol. The van der Waals surface area contributed by atoms with Crippen LogP contribution in [0.25, 0.3) is 0 Å². The summed E-state index contributed by atoms with van der Waals surface area (Å²) in [5.74, 6) is -8.18. The number of nitrogens with zero attached hydrogens (tertiary/aromatic N) is 2. The molecule has 0 radical (unpaired) electrons. The number of phenolic OH excluding ortho intramolecular Hbond substituents is 1. The number of ether oxygens (including phenoxy) is 1. The molecule has 2 aromatic rings. The number of anilines is 1. The Morgan fingerprint density at radius 2 is 1.68 bits per heavy atom. The molecule has 2 aromatic carbocycles. The second kappa shape index (κ2) is 9.50. The maximum absolute atomic E-state index is 14.3. The lowest BCUT2D eigenvalue weighted by molar-refractivity contribution is -0.173. The highest BCUT2D eigenvalue weighted by atomic mass is 79.9. The molecule has 6 unspecified atom stereocenters. The van der Waals surface area contributed by atoms with E-state index in [0.717, 1.165) is 17.0 Å². The van der Waals surface area contributed by atoms with Crippen LogP contribution in [0.4, 0.5) is 10.1 Å². The largest absolute Gasteiger partial charge is 0.503 e. The first-order valence-electron chi connectivity index (χ1n) is 12.3. The normalized spacial score (nSPS) is 32.6. The molecule has 0 spiro atoms. The minimum absolute atomic E-state index is 0.0211. The number of fused-ring (bicyclic) bond motifs is 4. The quantitative estimate of drug-likeness (QED) is 0.197. The third kappa shape index (κ3) is 3.60. The number of hydroxylamine groups is 2. The molecule has 1 saturated carbocycles. The van der Waals surface area contributed by atoms with E-state index in [1.54, 1.807) is 6.08 Å². The van der Waals surface area contributed by atoms with Crippen molar-refractivity contribution in [1.29, 1.82) is 0 Å². The number of benzene rings is 2. The van der Waals surface area contributed by atoms with E-state index < -0.39 is 62.9 Å². The lowest BCUT2D eigenvalue weighted by Crippen LogP contribution is -2.60. The molecule has 41 heavy (non-hydrogen) atoms. The summed E-state index contributed by atoms with van der Waals surface area (Å²) in [5.41, 5.74) is 0.818. The van der Waals surface area contributed by atoms with Crippen LogP contribution >= 0.6 is 55.1 Å². The van der Waals surface area contributed by atoms with Gasteiger partial charge in [-0.3, -0.25) is 24.4 Å². The number of methoxy groups -OCH3 is 1. The lowest BCUT2D eigenvalue weighted by atomic mass is 9.56. The molecule has 2 N–H and O–H groups in total.